The van der Waals surface area contributed by atoms with Crippen molar-refractivity contribution in [2.45, 2.75) is 0 Å². The van der Waals surface area contributed by atoms with E-state index in [2.05, 4.69) is 0 Å². The summed E-state index contributed by atoms with van der Waals surface area (Å²) in [4.78, 5) is 1.90. The number of hydrogen-bond acceptors (Lipinski definition) is 2. The van der Waals surface area contributed by atoms with Crippen molar-refractivity contribution in [3.05, 3.63) is 28.2 Å². The molecule has 0 saturated heterocycles. The second kappa shape index (κ2) is 4.70. The minimum atomic E-state index is 0.122. The Hall–Kier alpha value is -0.440. The predicted octanol–water partition coefficient (Wildman–Crippen LogP) is 2.42. The molecule has 0 fully saturated rings. The molecule has 0 aliphatic heterocycles. The quantitative estimate of drug-likeness (QED) is 0.845. The molecule has 1 aromatic carbocycles. The zero-order valence-electron chi connectivity index (χ0n) is 7.30. The summed E-state index contributed by atoms with van der Waals surface area (Å²) in [6, 6.07) is 5.39. The number of rotatable bonds is 3. The van der Waals surface area contributed by atoms with Crippen molar-refractivity contribution in [2.75, 3.05) is 25.1 Å². The van der Waals surface area contributed by atoms with E-state index in [0.29, 0.717) is 16.6 Å². The fourth-order valence-electron chi connectivity index (χ4n) is 1.00. The highest BCUT2D eigenvalue weighted by atomic mass is 35.5. The van der Waals surface area contributed by atoms with Crippen LogP contribution in [0.15, 0.2) is 18.2 Å². The van der Waals surface area contributed by atoms with E-state index in [9.17, 15) is 0 Å². The van der Waals surface area contributed by atoms with Crippen LogP contribution in [0.1, 0.15) is 0 Å². The minimum Gasteiger partial charge on any atom is -0.395 e. The standard InChI is InChI=1S/C9H11Cl2NO/c1-12(4-5-13)7-2-3-8(10)9(11)6-7/h2-3,6,13H,4-5H2,1H3. The molecule has 0 aromatic heterocycles. The van der Waals surface area contributed by atoms with Gasteiger partial charge in [-0.2, -0.15) is 0 Å². The summed E-state index contributed by atoms with van der Waals surface area (Å²) in [7, 11) is 1.88. The van der Waals surface area contributed by atoms with Crippen LogP contribution >= 0.6 is 23.2 Å². The first-order valence-electron chi connectivity index (χ1n) is 3.92. The van der Waals surface area contributed by atoms with Crippen LogP contribution in [0.25, 0.3) is 0 Å². The highest BCUT2D eigenvalue weighted by Gasteiger charge is 2.02. The van der Waals surface area contributed by atoms with Gasteiger partial charge in [0.2, 0.25) is 0 Å². The molecule has 0 amide bonds. The second-order valence-corrected chi connectivity index (χ2v) is 3.56. The lowest BCUT2D eigenvalue weighted by Gasteiger charge is -2.18. The highest BCUT2D eigenvalue weighted by Crippen LogP contribution is 2.26. The van der Waals surface area contributed by atoms with Crippen LogP contribution in [0.5, 0.6) is 0 Å². The van der Waals surface area contributed by atoms with Gasteiger partial charge in [-0.25, -0.2) is 0 Å². The number of nitrogens with zero attached hydrogens (tertiary/aromatic N) is 1. The number of aliphatic hydroxyl groups is 1. The fraction of sp³-hybridized carbons (Fsp3) is 0.333. The lowest BCUT2D eigenvalue weighted by Crippen LogP contribution is -2.20. The normalized spacial score (nSPS) is 10.2. The summed E-state index contributed by atoms with van der Waals surface area (Å²) >= 11 is 11.6. The number of halogens is 2. The number of benzene rings is 1. The van der Waals surface area contributed by atoms with E-state index in [1.165, 1.54) is 0 Å². The molecule has 2 nitrogen and oxygen atoms in total. The van der Waals surface area contributed by atoms with Crippen molar-refractivity contribution in [3.8, 4) is 0 Å². The second-order valence-electron chi connectivity index (χ2n) is 2.74. The molecule has 13 heavy (non-hydrogen) atoms. The van der Waals surface area contributed by atoms with Crippen LogP contribution < -0.4 is 4.90 Å². The SMILES string of the molecule is CN(CCO)c1ccc(Cl)c(Cl)c1. The van der Waals surface area contributed by atoms with Gasteiger partial charge in [0.15, 0.2) is 0 Å². The van der Waals surface area contributed by atoms with Crippen molar-refractivity contribution in [1.82, 2.24) is 0 Å². The molecule has 0 saturated carbocycles. The molecule has 0 radical (unpaired) electrons. The molecule has 0 spiro atoms. The van der Waals surface area contributed by atoms with E-state index >= 15 is 0 Å². The van der Waals surface area contributed by atoms with Gasteiger partial charge in [-0.1, -0.05) is 23.2 Å². The van der Waals surface area contributed by atoms with Crippen LogP contribution in [-0.2, 0) is 0 Å². The maximum absolute atomic E-state index is 8.72. The molecule has 0 heterocycles. The van der Waals surface area contributed by atoms with Crippen molar-refractivity contribution in [3.63, 3.8) is 0 Å². The molecular formula is C9H11Cl2NO. The van der Waals surface area contributed by atoms with E-state index < -0.39 is 0 Å². The van der Waals surface area contributed by atoms with Gasteiger partial charge in [0, 0.05) is 19.3 Å². The van der Waals surface area contributed by atoms with Crippen molar-refractivity contribution in [1.29, 1.82) is 0 Å². The van der Waals surface area contributed by atoms with Crippen LogP contribution in [0.4, 0.5) is 5.69 Å². The number of aliphatic hydroxyl groups excluding tert-OH is 1. The summed E-state index contributed by atoms with van der Waals surface area (Å²) in [6.07, 6.45) is 0. The van der Waals surface area contributed by atoms with E-state index in [1.807, 2.05) is 18.0 Å². The average Bonchev–Trinajstić information content (AvgIpc) is 2.10. The Bertz CT molecular complexity index is 291. The Morgan fingerprint density at radius 3 is 2.54 bits per heavy atom. The molecule has 0 bridgehead atoms. The van der Waals surface area contributed by atoms with Crippen LogP contribution in [-0.4, -0.2) is 25.3 Å². The van der Waals surface area contributed by atoms with Crippen molar-refractivity contribution < 1.29 is 5.11 Å². The van der Waals surface area contributed by atoms with Crippen molar-refractivity contribution >= 4 is 28.9 Å². The lowest BCUT2D eigenvalue weighted by molar-refractivity contribution is 0.304. The molecular weight excluding hydrogens is 209 g/mol. The molecule has 1 aromatic rings. The lowest BCUT2D eigenvalue weighted by atomic mass is 10.3. The van der Waals surface area contributed by atoms with E-state index in [0.717, 1.165) is 5.69 Å². The number of likely N-dealkylation sites (N-methyl/N-ethyl adjacent to an activating group) is 1. The Balaban J connectivity index is 2.84. The predicted molar refractivity (Wildman–Crippen MR) is 56.8 cm³/mol. The Kier molecular flexibility index (Phi) is 3.85. The van der Waals surface area contributed by atoms with Gasteiger partial charge in [0.05, 0.1) is 16.7 Å². The zero-order chi connectivity index (χ0) is 9.84. The number of hydrogen-bond donors (Lipinski definition) is 1. The molecule has 1 N–H and O–H groups in total. The maximum atomic E-state index is 8.72. The van der Waals surface area contributed by atoms with Gasteiger partial charge in [0.1, 0.15) is 0 Å². The minimum absolute atomic E-state index is 0.122. The topological polar surface area (TPSA) is 23.5 Å². The van der Waals surface area contributed by atoms with Gasteiger partial charge in [-0.3, -0.25) is 0 Å². The first-order chi connectivity index (χ1) is 6.15. The van der Waals surface area contributed by atoms with E-state index in [4.69, 9.17) is 28.3 Å². The summed E-state index contributed by atoms with van der Waals surface area (Å²) < 4.78 is 0. The largest absolute Gasteiger partial charge is 0.395 e. The first kappa shape index (κ1) is 10.6. The van der Waals surface area contributed by atoms with Crippen LogP contribution in [0.2, 0.25) is 10.0 Å². The summed E-state index contributed by atoms with van der Waals surface area (Å²) in [5.41, 5.74) is 0.948. The molecule has 72 valence electrons. The Morgan fingerprint density at radius 1 is 1.31 bits per heavy atom. The molecule has 1 rings (SSSR count). The van der Waals surface area contributed by atoms with Gasteiger partial charge in [0.25, 0.3) is 0 Å². The fourth-order valence-corrected chi connectivity index (χ4v) is 1.29. The van der Waals surface area contributed by atoms with Gasteiger partial charge in [-0.05, 0) is 18.2 Å². The average molecular weight is 220 g/mol. The van der Waals surface area contributed by atoms with Crippen LogP contribution in [0.3, 0.4) is 0 Å². The third-order valence-electron chi connectivity index (χ3n) is 1.78. The molecule has 0 aliphatic carbocycles. The van der Waals surface area contributed by atoms with Gasteiger partial charge >= 0.3 is 0 Å². The Labute approximate surface area is 87.7 Å². The van der Waals surface area contributed by atoms with E-state index in [1.54, 1.807) is 12.1 Å². The molecule has 0 aliphatic rings. The zero-order valence-corrected chi connectivity index (χ0v) is 8.81. The summed E-state index contributed by atoms with van der Waals surface area (Å²) in [6.45, 7) is 0.703. The highest BCUT2D eigenvalue weighted by molar-refractivity contribution is 6.42. The first-order valence-corrected chi connectivity index (χ1v) is 4.68. The van der Waals surface area contributed by atoms with Gasteiger partial charge in [-0.15, -0.1) is 0 Å². The third kappa shape index (κ3) is 2.76. The van der Waals surface area contributed by atoms with Gasteiger partial charge < -0.3 is 10.0 Å². The van der Waals surface area contributed by atoms with Crippen LogP contribution in [0, 0.1) is 0 Å². The molecule has 4 heteroatoms. The maximum Gasteiger partial charge on any atom is 0.0612 e. The van der Waals surface area contributed by atoms with E-state index in [-0.39, 0.29) is 6.61 Å². The van der Waals surface area contributed by atoms with Crippen molar-refractivity contribution in [2.24, 2.45) is 0 Å². The monoisotopic (exact) mass is 219 g/mol. The third-order valence-corrected chi connectivity index (χ3v) is 2.52. The Morgan fingerprint density at radius 2 is 2.00 bits per heavy atom. The summed E-state index contributed by atoms with van der Waals surface area (Å²) in [5.74, 6) is 0. The molecule has 0 unspecified atom stereocenters. The smallest absolute Gasteiger partial charge is 0.0612 e. The molecule has 0 atom stereocenters. The summed E-state index contributed by atoms with van der Waals surface area (Å²) in [5, 5.41) is 9.80. The number of anilines is 1.